The van der Waals surface area contributed by atoms with E-state index in [4.69, 9.17) is 9.88 Å². The Balaban J connectivity index is 2.72. The number of rotatable bonds is 7. The van der Waals surface area contributed by atoms with Crippen molar-refractivity contribution >= 4 is 10.0 Å². The van der Waals surface area contributed by atoms with Gasteiger partial charge in [0.1, 0.15) is 0 Å². The molecule has 0 saturated carbocycles. The molecule has 0 aliphatic carbocycles. The minimum Gasteiger partial charge on any atom is -0.381 e. The fourth-order valence-corrected chi connectivity index (χ4v) is 2.47. The summed E-state index contributed by atoms with van der Waals surface area (Å²) in [4.78, 5) is 0. The highest BCUT2D eigenvalue weighted by Gasteiger charge is 2.17. The highest BCUT2D eigenvalue weighted by atomic mass is 32.2. The van der Waals surface area contributed by atoms with E-state index in [0.29, 0.717) is 13.2 Å². The average molecular weight is 257 g/mol. The first kappa shape index (κ1) is 14.2. The Morgan fingerprint density at radius 3 is 2.47 bits per heavy atom. The molecule has 0 radical (unpaired) electrons. The molecule has 0 aromatic heterocycles. The van der Waals surface area contributed by atoms with E-state index >= 15 is 0 Å². The van der Waals surface area contributed by atoms with Crippen molar-refractivity contribution in [2.45, 2.75) is 19.3 Å². The highest BCUT2D eigenvalue weighted by Crippen LogP contribution is 2.17. The number of nitrogens with two attached hydrogens (primary N) is 1. The molecule has 4 nitrogen and oxygen atoms in total. The third-order valence-electron chi connectivity index (χ3n) is 2.37. The van der Waals surface area contributed by atoms with Gasteiger partial charge in [-0.3, -0.25) is 0 Å². The first-order chi connectivity index (χ1) is 8.03. The van der Waals surface area contributed by atoms with Gasteiger partial charge in [-0.25, -0.2) is 13.6 Å². The molecule has 1 aromatic carbocycles. The van der Waals surface area contributed by atoms with E-state index in [2.05, 4.69) is 0 Å². The van der Waals surface area contributed by atoms with Crippen LogP contribution in [0.15, 0.2) is 30.3 Å². The summed E-state index contributed by atoms with van der Waals surface area (Å²) in [7, 11) is -3.49. The summed E-state index contributed by atoms with van der Waals surface area (Å²) in [5, 5.41) is 5.09. The molecule has 1 aromatic rings. The van der Waals surface area contributed by atoms with Crippen LogP contribution in [0.5, 0.6) is 0 Å². The third kappa shape index (κ3) is 5.81. The van der Waals surface area contributed by atoms with Crippen LogP contribution in [0.25, 0.3) is 0 Å². The van der Waals surface area contributed by atoms with E-state index in [1.54, 1.807) is 0 Å². The zero-order valence-electron chi connectivity index (χ0n) is 10.0. The van der Waals surface area contributed by atoms with Crippen LogP contribution in [0, 0.1) is 0 Å². The predicted octanol–water partition coefficient (Wildman–Crippen LogP) is 1.49. The summed E-state index contributed by atoms with van der Waals surface area (Å²) in [5.74, 6) is -0.279. The summed E-state index contributed by atoms with van der Waals surface area (Å²) in [6.07, 6.45) is 0.914. The first-order valence-electron chi connectivity index (χ1n) is 5.66. The molecule has 0 heterocycles. The Bertz CT molecular complexity index is 417. The van der Waals surface area contributed by atoms with Gasteiger partial charge in [0.15, 0.2) is 0 Å². The van der Waals surface area contributed by atoms with Crippen LogP contribution in [0.2, 0.25) is 0 Å². The van der Waals surface area contributed by atoms with Gasteiger partial charge in [0, 0.05) is 12.5 Å². The van der Waals surface area contributed by atoms with Crippen LogP contribution < -0.4 is 5.14 Å². The molecule has 2 N–H and O–H groups in total. The van der Waals surface area contributed by atoms with E-state index in [1.165, 1.54) is 0 Å². The van der Waals surface area contributed by atoms with Crippen molar-refractivity contribution in [3.63, 3.8) is 0 Å². The van der Waals surface area contributed by atoms with Gasteiger partial charge in [-0.2, -0.15) is 0 Å². The lowest BCUT2D eigenvalue weighted by molar-refractivity contribution is 0.124. The molecule has 0 fully saturated rings. The summed E-state index contributed by atoms with van der Waals surface area (Å²) in [6, 6.07) is 9.44. The number of ether oxygens (including phenoxy) is 1. The zero-order valence-corrected chi connectivity index (χ0v) is 10.8. The molecular formula is C12H19NO3S. The third-order valence-corrected chi connectivity index (χ3v) is 3.24. The van der Waals surface area contributed by atoms with Gasteiger partial charge < -0.3 is 4.74 Å². The molecule has 0 saturated heterocycles. The number of benzene rings is 1. The fraction of sp³-hybridized carbons (Fsp3) is 0.500. The van der Waals surface area contributed by atoms with Crippen molar-refractivity contribution in [1.29, 1.82) is 0 Å². The molecule has 0 aliphatic heterocycles. The van der Waals surface area contributed by atoms with Crippen LogP contribution in [-0.2, 0) is 14.8 Å². The topological polar surface area (TPSA) is 69.4 Å². The number of hydrogen-bond donors (Lipinski definition) is 1. The van der Waals surface area contributed by atoms with Crippen molar-refractivity contribution in [1.82, 2.24) is 0 Å². The van der Waals surface area contributed by atoms with E-state index in [9.17, 15) is 8.42 Å². The lowest BCUT2D eigenvalue weighted by atomic mass is 10.0. The standard InChI is InChI=1S/C12H19NO3S/c1-2-8-16-9-12(10-17(13,14)15)11-6-4-3-5-7-11/h3-7,12H,2,8-10H2,1H3,(H2,13,14,15). The van der Waals surface area contributed by atoms with Gasteiger partial charge in [0.2, 0.25) is 10.0 Å². The van der Waals surface area contributed by atoms with Gasteiger partial charge in [0.05, 0.1) is 12.4 Å². The zero-order chi connectivity index (χ0) is 12.7. The van der Waals surface area contributed by atoms with Crippen molar-refractivity contribution in [3.05, 3.63) is 35.9 Å². The van der Waals surface area contributed by atoms with Crippen molar-refractivity contribution in [2.75, 3.05) is 19.0 Å². The number of primary sulfonamides is 1. The molecule has 17 heavy (non-hydrogen) atoms. The fourth-order valence-electron chi connectivity index (χ4n) is 1.62. The molecule has 0 amide bonds. The summed E-state index contributed by atoms with van der Waals surface area (Å²) in [5.41, 5.74) is 0.942. The Morgan fingerprint density at radius 1 is 1.29 bits per heavy atom. The second-order valence-corrected chi connectivity index (χ2v) is 5.67. The monoisotopic (exact) mass is 257 g/mol. The van der Waals surface area contributed by atoms with Gasteiger partial charge in [-0.1, -0.05) is 37.3 Å². The van der Waals surface area contributed by atoms with Gasteiger partial charge in [0.25, 0.3) is 0 Å². The molecule has 0 spiro atoms. The maximum atomic E-state index is 11.2. The lowest BCUT2D eigenvalue weighted by Gasteiger charge is -2.16. The Morgan fingerprint density at radius 2 is 1.94 bits per heavy atom. The van der Waals surface area contributed by atoms with Crippen LogP contribution in [0.3, 0.4) is 0 Å². The average Bonchev–Trinajstić information content (AvgIpc) is 2.28. The normalized spacial score (nSPS) is 13.5. The molecule has 96 valence electrons. The summed E-state index contributed by atoms with van der Waals surface area (Å²) in [6.45, 7) is 3.03. The van der Waals surface area contributed by atoms with Crippen LogP contribution in [0.4, 0.5) is 0 Å². The van der Waals surface area contributed by atoms with Crippen LogP contribution in [0.1, 0.15) is 24.8 Å². The van der Waals surface area contributed by atoms with E-state index in [-0.39, 0.29) is 11.7 Å². The van der Waals surface area contributed by atoms with Crippen LogP contribution >= 0.6 is 0 Å². The maximum Gasteiger partial charge on any atom is 0.209 e. The SMILES string of the molecule is CCCOCC(CS(N)(=O)=O)c1ccccc1. The maximum absolute atomic E-state index is 11.2. The van der Waals surface area contributed by atoms with Crippen molar-refractivity contribution in [3.8, 4) is 0 Å². The molecule has 1 rings (SSSR count). The van der Waals surface area contributed by atoms with Crippen LogP contribution in [-0.4, -0.2) is 27.4 Å². The first-order valence-corrected chi connectivity index (χ1v) is 7.37. The van der Waals surface area contributed by atoms with E-state index in [1.807, 2.05) is 37.3 Å². The second-order valence-electron chi connectivity index (χ2n) is 4.01. The van der Waals surface area contributed by atoms with Gasteiger partial charge in [-0.15, -0.1) is 0 Å². The largest absolute Gasteiger partial charge is 0.381 e. The van der Waals surface area contributed by atoms with Crippen molar-refractivity contribution < 1.29 is 13.2 Å². The molecule has 0 bridgehead atoms. The van der Waals surface area contributed by atoms with E-state index in [0.717, 1.165) is 12.0 Å². The summed E-state index contributed by atoms with van der Waals surface area (Å²) < 4.78 is 27.8. The minimum atomic E-state index is -3.49. The molecule has 1 atom stereocenters. The molecule has 0 aliphatic rings. The minimum absolute atomic E-state index is 0.0826. The van der Waals surface area contributed by atoms with Gasteiger partial charge in [-0.05, 0) is 12.0 Å². The Labute approximate surface area is 103 Å². The van der Waals surface area contributed by atoms with Crippen molar-refractivity contribution in [2.24, 2.45) is 5.14 Å². The van der Waals surface area contributed by atoms with E-state index < -0.39 is 10.0 Å². The lowest BCUT2D eigenvalue weighted by Crippen LogP contribution is -2.24. The molecular weight excluding hydrogens is 238 g/mol. The Hall–Kier alpha value is -0.910. The predicted molar refractivity (Wildman–Crippen MR) is 68.3 cm³/mol. The second kappa shape index (κ2) is 6.74. The number of hydrogen-bond acceptors (Lipinski definition) is 3. The van der Waals surface area contributed by atoms with Gasteiger partial charge >= 0.3 is 0 Å². The Kier molecular flexibility index (Phi) is 5.61. The molecule has 5 heteroatoms. The summed E-state index contributed by atoms with van der Waals surface area (Å²) >= 11 is 0. The number of sulfonamides is 1. The smallest absolute Gasteiger partial charge is 0.209 e. The molecule has 1 unspecified atom stereocenters. The highest BCUT2D eigenvalue weighted by molar-refractivity contribution is 7.89. The quantitative estimate of drug-likeness (QED) is 0.752.